The van der Waals surface area contributed by atoms with Gasteiger partial charge in [-0.15, -0.1) is 0 Å². The number of nitrogens with zero attached hydrogens (tertiary/aromatic N) is 2. The molecule has 0 fully saturated rings. The van der Waals surface area contributed by atoms with Gasteiger partial charge in [0.05, 0.1) is 6.54 Å². The summed E-state index contributed by atoms with van der Waals surface area (Å²) in [6, 6.07) is 7.79. The van der Waals surface area contributed by atoms with Crippen LogP contribution in [0.1, 0.15) is 18.1 Å². The Labute approximate surface area is 109 Å². The van der Waals surface area contributed by atoms with Crippen molar-refractivity contribution in [3.8, 4) is 0 Å². The zero-order valence-corrected chi connectivity index (χ0v) is 11.6. The van der Waals surface area contributed by atoms with Gasteiger partial charge >= 0.3 is 0 Å². The number of rotatable bonds is 3. The van der Waals surface area contributed by atoms with Crippen LogP contribution in [0.4, 0.5) is 0 Å². The maximum absolute atomic E-state index is 11.7. The Morgan fingerprint density at radius 3 is 2.71 bits per heavy atom. The second-order valence-corrected chi connectivity index (χ2v) is 4.92. The number of hydrogen-bond acceptors (Lipinski definition) is 1. The van der Waals surface area contributed by atoms with Crippen molar-refractivity contribution >= 4 is 15.9 Å². The van der Waals surface area contributed by atoms with Crippen LogP contribution >= 0.6 is 15.9 Å². The van der Waals surface area contributed by atoms with E-state index in [0.717, 1.165) is 16.6 Å². The zero-order chi connectivity index (χ0) is 12.4. The van der Waals surface area contributed by atoms with Crippen LogP contribution in [-0.2, 0) is 13.1 Å². The van der Waals surface area contributed by atoms with E-state index in [1.165, 1.54) is 5.56 Å². The first-order valence-electron chi connectivity index (χ1n) is 5.63. The van der Waals surface area contributed by atoms with E-state index in [9.17, 15) is 4.79 Å². The topological polar surface area (TPSA) is 26.9 Å². The highest BCUT2D eigenvalue weighted by atomic mass is 79.9. The summed E-state index contributed by atoms with van der Waals surface area (Å²) in [5.41, 5.74) is 2.37. The van der Waals surface area contributed by atoms with Gasteiger partial charge in [-0.3, -0.25) is 9.48 Å². The van der Waals surface area contributed by atoms with Crippen LogP contribution in [-0.4, -0.2) is 9.36 Å². The molecule has 0 saturated heterocycles. The Morgan fingerprint density at radius 1 is 1.29 bits per heavy atom. The van der Waals surface area contributed by atoms with Crippen molar-refractivity contribution < 1.29 is 0 Å². The first-order chi connectivity index (χ1) is 8.11. The van der Waals surface area contributed by atoms with Gasteiger partial charge in [-0.1, -0.05) is 28.1 Å². The van der Waals surface area contributed by atoms with Crippen LogP contribution in [0, 0.1) is 6.92 Å². The summed E-state index contributed by atoms with van der Waals surface area (Å²) >= 11 is 3.54. The fraction of sp³-hybridized carbons (Fsp3) is 0.308. The van der Waals surface area contributed by atoms with Gasteiger partial charge in [0.1, 0.15) is 0 Å². The molecule has 2 aromatic rings. The normalized spacial score (nSPS) is 10.8. The molecule has 1 aromatic heterocycles. The molecule has 1 aromatic carbocycles. The first kappa shape index (κ1) is 12.2. The summed E-state index contributed by atoms with van der Waals surface area (Å²) in [6.45, 7) is 5.47. The van der Waals surface area contributed by atoms with E-state index in [-0.39, 0.29) is 5.56 Å². The third-order valence-corrected chi connectivity index (χ3v) is 3.54. The average molecular weight is 295 g/mol. The molecular weight excluding hydrogens is 280 g/mol. The molecule has 1 heterocycles. The Kier molecular flexibility index (Phi) is 3.52. The fourth-order valence-corrected chi connectivity index (χ4v) is 2.45. The number of benzene rings is 1. The summed E-state index contributed by atoms with van der Waals surface area (Å²) in [4.78, 5) is 11.7. The van der Waals surface area contributed by atoms with Gasteiger partial charge < -0.3 is 0 Å². The van der Waals surface area contributed by atoms with E-state index >= 15 is 0 Å². The molecule has 4 heteroatoms. The maximum atomic E-state index is 11.7. The Morgan fingerprint density at radius 2 is 2.06 bits per heavy atom. The van der Waals surface area contributed by atoms with Crippen molar-refractivity contribution in [3.05, 3.63) is 56.4 Å². The van der Waals surface area contributed by atoms with E-state index in [4.69, 9.17) is 0 Å². The van der Waals surface area contributed by atoms with Crippen molar-refractivity contribution in [1.82, 2.24) is 9.36 Å². The molecule has 3 nitrogen and oxygen atoms in total. The molecule has 0 unspecified atom stereocenters. The Hall–Kier alpha value is -1.29. The van der Waals surface area contributed by atoms with E-state index in [2.05, 4.69) is 41.1 Å². The van der Waals surface area contributed by atoms with Gasteiger partial charge in [-0.25, -0.2) is 4.68 Å². The van der Waals surface area contributed by atoms with Gasteiger partial charge in [0.25, 0.3) is 5.56 Å². The summed E-state index contributed by atoms with van der Waals surface area (Å²) in [7, 11) is 0. The van der Waals surface area contributed by atoms with Crippen LogP contribution in [0.2, 0.25) is 0 Å². The second kappa shape index (κ2) is 4.92. The summed E-state index contributed by atoms with van der Waals surface area (Å²) in [6.07, 6.45) is 1.82. The van der Waals surface area contributed by atoms with Crippen LogP contribution in [0.15, 0.2) is 39.7 Å². The maximum Gasteiger partial charge on any atom is 0.266 e. The summed E-state index contributed by atoms with van der Waals surface area (Å²) in [5.74, 6) is 0. The van der Waals surface area contributed by atoms with E-state index in [1.54, 1.807) is 10.7 Å². The van der Waals surface area contributed by atoms with E-state index < -0.39 is 0 Å². The lowest BCUT2D eigenvalue weighted by Crippen LogP contribution is -2.23. The molecule has 0 aliphatic heterocycles. The predicted octanol–water partition coefficient (Wildman–Crippen LogP) is 2.79. The Bertz CT molecular complexity index is 583. The molecule has 0 bridgehead atoms. The standard InChI is InChI=1S/C13H15BrN2O/c1-3-15-7-6-13(17)16(15)9-11-5-4-10(2)8-12(11)14/h4-8H,3,9H2,1-2H3. The van der Waals surface area contributed by atoms with Crippen molar-refractivity contribution in [1.29, 1.82) is 0 Å². The highest BCUT2D eigenvalue weighted by Crippen LogP contribution is 2.18. The molecule has 0 amide bonds. The van der Waals surface area contributed by atoms with Crippen LogP contribution < -0.4 is 5.56 Å². The second-order valence-electron chi connectivity index (χ2n) is 4.06. The lowest BCUT2D eigenvalue weighted by Gasteiger charge is -2.11. The molecule has 0 radical (unpaired) electrons. The Balaban J connectivity index is 2.37. The summed E-state index contributed by atoms with van der Waals surface area (Å²) in [5, 5.41) is 0. The predicted molar refractivity (Wildman–Crippen MR) is 72.3 cm³/mol. The highest BCUT2D eigenvalue weighted by Gasteiger charge is 2.06. The quantitative estimate of drug-likeness (QED) is 0.855. The molecule has 0 aliphatic carbocycles. The lowest BCUT2D eigenvalue weighted by molar-refractivity contribution is 0.489. The van der Waals surface area contributed by atoms with Crippen molar-refractivity contribution in [3.63, 3.8) is 0 Å². The largest absolute Gasteiger partial charge is 0.290 e. The lowest BCUT2D eigenvalue weighted by atomic mass is 10.1. The zero-order valence-electron chi connectivity index (χ0n) is 9.98. The molecule has 90 valence electrons. The van der Waals surface area contributed by atoms with Gasteiger partial charge in [0, 0.05) is 23.3 Å². The number of aryl methyl sites for hydroxylation is 2. The van der Waals surface area contributed by atoms with Crippen LogP contribution in [0.5, 0.6) is 0 Å². The third-order valence-electron chi connectivity index (χ3n) is 2.81. The molecule has 0 saturated carbocycles. The number of halogens is 1. The SMILES string of the molecule is CCn1ccc(=O)n1Cc1ccc(C)cc1Br. The smallest absolute Gasteiger partial charge is 0.266 e. The molecule has 17 heavy (non-hydrogen) atoms. The van der Waals surface area contributed by atoms with Crippen LogP contribution in [0.3, 0.4) is 0 Å². The molecule has 0 atom stereocenters. The molecule has 0 aliphatic rings. The van der Waals surface area contributed by atoms with Gasteiger partial charge in [-0.2, -0.15) is 0 Å². The fourth-order valence-electron chi connectivity index (χ4n) is 1.83. The third kappa shape index (κ3) is 2.52. The van der Waals surface area contributed by atoms with E-state index in [1.807, 2.05) is 17.8 Å². The monoisotopic (exact) mass is 294 g/mol. The van der Waals surface area contributed by atoms with E-state index in [0.29, 0.717) is 6.54 Å². The minimum atomic E-state index is 0.0410. The molecule has 2 rings (SSSR count). The number of aromatic nitrogens is 2. The summed E-state index contributed by atoms with van der Waals surface area (Å²) < 4.78 is 4.72. The molecule has 0 N–H and O–H groups in total. The van der Waals surface area contributed by atoms with Crippen molar-refractivity contribution in [2.24, 2.45) is 0 Å². The van der Waals surface area contributed by atoms with Crippen LogP contribution in [0.25, 0.3) is 0 Å². The molecule has 0 spiro atoms. The van der Waals surface area contributed by atoms with Crippen molar-refractivity contribution in [2.45, 2.75) is 26.9 Å². The molecular formula is C13H15BrN2O. The van der Waals surface area contributed by atoms with Gasteiger partial charge in [0.2, 0.25) is 0 Å². The number of hydrogen-bond donors (Lipinski definition) is 0. The minimum Gasteiger partial charge on any atom is -0.290 e. The minimum absolute atomic E-state index is 0.0410. The van der Waals surface area contributed by atoms with Crippen molar-refractivity contribution in [2.75, 3.05) is 0 Å². The average Bonchev–Trinajstić information content (AvgIpc) is 2.64. The highest BCUT2D eigenvalue weighted by molar-refractivity contribution is 9.10. The van der Waals surface area contributed by atoms with Gasteiger partial charge in [-0.05, 0) is 31.0 Å². The first-order valence-corrected chi connectivity index (χ1v) is 6.42. The van der Waals surface area contributed by atoms with Gasteiger partial charge in [0.15, 0.2) is 0 Å².